The highest BCUT2D eigenvalue weighted by Crippen LogP contribution is 2.24. The van der Waals surface area contributed by atoms with Crippen LogP contribution in [0.1, 0.15) is 16.2 Å². The van der Waals surface area contributed by atoms with Crippen molar-refractivity contribution in [2.45, 2.75) is 6.54 Å². The highest BCUT2D eigenvalue weighted by Gasteiger charge is 2.15. The molecule has 0 aliphatic rings. The second-order valence-corrected chi connectivity index (χ2v) is 4.35. The molecule has 2 aromatic rings. The van der Waals surface area contributed by atoms with Crippen molar-refractivity contribution in [1.82, 2.24) is 20.1 Å². The molecular weight excluding hydrogens is 286 g/mol. The van der Waals surface area contributed by atoms with E-state index in [2.05, 4.69) is 15.4 Å². The normalized spacial score (nSPS) is 10.3. The average Bonchev–Trinajstić information content (AvgIpc) is 2.81. The van der Waals surface area contributed by atoms with Gasteiger partial charge < -0.3 is 5.32 Å². The molecule has 1 aromatic carbocycles. The minimum Gasteiger partial charge on any atom is -0.345 e. The number of nitro groups is 1. The Morgan fingerprint density at radius 2 is 2.30 bits per heavy atom. The van der Waals surface area contributed by atoms with Gasteiger partial charge in [0.05, 0.1) is 11.5 Å². The summed E-state index contributed by atoms with van der Waals surface area (Å²) in [6.07, 6.45) is 1.52. The summed E-state index contributed by atoms with van der Waals surface area (Å²) in [5.74, 6) is 0.0584. The molecule has 0 saturated carbocycles. The Labute approximate surface area is 118 Å². The first-order valence-corrected chi connectivity index (χ1v) is 5.92. The third-order valence-electron chi connectivity index (χ3n) is 2.46. The van der Waals surface area contributed by atoms with E-state index in [9.17, 15) is 14.9 Å². The molecule has 0 unspecified atom stereocenters. The number of rotatable bonds is 4. The fourth-order valence-electron chi connectivity index (χ4n) is 1.52. The molecular formula is C11H10ClN5O3. The standard InChI is InChI=1S/C11H10ClN5O3/c1-16-6-14-10(15-16)5-13-11(18)7-2-3-9(17(19)20)8(12)4-7/h2-4,6H,5H2,1H3,(H,13,18). The third kappa shape index (κ3) is 3.09. The number of amides is 1. The van der Waals surface area contributed by atoms with E-state index < -0.39 is 10.8 Å². The Morgan fingerprint density at radius 1 is 1.55 bits per heavy atom. The molecule has 0 bridgehead atoms. The molecule has 9 heteroatoms. The lowest BCUT2D eigenvalue weighted by molar-refractivity contribution is -0.384. The van der Waals surface area contributed by atoms with Crippen molar-refractivity contribution in [1.29, 1.82) is 0 Å². The highest BCUT2D eigenvalue weighted by atomic mass is 35.5. The molecule has 0 atom stereocenters. The first-order valence-electron chi connectivity index (χ1n) is 5.54. The Bertz CT molecular complexity index is 670. The van der Waals surface area contributed by atoms with Crippen LogP contribution in [0.4, 0.5) is 5.69 Å². The van der Waals surface area contributed by atoms with Gasteiger partial charge in [0, 0.05) is 18.7 Å². The van der Waals surface area contributed by atoms with Crippen LogP contribution in [-0.2, 0) is 13.6 Å². The monoisotopic (exact) mass is 295 g/mol. The summed E-state index contributed by atoms with van der Waals surface area (Å²) in [5, 5.41) is 17.1. The number of hydrogen-bond donors (Lipinski definition) is 1. The van der Waals surface area contributed by atoms with Gasteiger partial charge in [0.25, 0.3) is 11.6 Å². The molecule has 104 valence electrons. The zero-order chi connectivity index (χ0) is 14.7. The first-order chi connectivity index (χ1) is 9.47. The lowest BCUT2D eigenvalue weighted by atomic mass is 10.2. The van der Waals surface area contributed by atoms with Gasteiger partial charge in [-0.25, -0.2) is 4.98 Å². The van der Waals surface area contributed by atoms with Crippen LogP contribution in [0, 0.1) is 10.1 Å². The maximum Gasteiger partial charge on any atom is 0.287 e. The van der Waals surface area contributed by atoms with Crippen molar-refractivity contribution < 1.29 is 9.72 Å². The number of nitrogens with zero attached hydrogens (tertiary/aromatic N) is 4. The van der Waals surface area contributed by atoms with Gasteiger partial charge in [-0.3, -0.25) is 19.6 Å². The van der Waals surface area contributed by atoms with Crippen LogP contribution in [0.5, 0.6) is 0 Å². The number of aryl methyl sites for hydroxylation is 1. The fourth-order valence-corrected chi connectivity index (χ4v) is 1.77. The van der Waals surface area contributed by atoms with Crippen LogP contribution in [0.2, 0.25) is 5.02 Å². The third-order valence-corrected chi connectivity index (χ3v) is 2.76. The zero-order valence-corrected chi connectivity index (χ0v) is 11.2. The number of halogens is 1. The molecule has 1 amide bonds. The van der Waals surface area contributed by atoms with Crippen molar-refractivity contribution >= 4 is 23.2 Å². The molecule has 1 heterocycles. The molecule has 0 spiro atoms. The molecule has 1 N–H and O–H groups in total. The van der Waals surface area contributed by atoms with Crippen LogP contribution < -0.4 is 5.32 Å². The topological polar surface area (TPSA) is 103 Å². The van der Waals surface area contributed by atoms with Gasteiger partial charge in [0.2, 0.25) is 0 Å². The van der Waals surface area contributed by atoms with E-state index in [1.807, 2.05) is 0 Å². The number of carbonyl (C=O) groups excluding carboxylic acids is 1. The quantitative estimate of drug-likeness (QED) is 0.676. The predicted molar refractivity (Wildman–Crippen MR) is 70.3 cm³/mol. The zero-order valence-electron chi connectivity index (χ0n) is 10.4. The van der Waals surface area contributed by atoms with E-state index in [1.165, 1.54) is 29.2 Å². The lowest BCUT2D eigenvalue weighted by Crippen LogP contribution is -2.23. The van der Waals surface area contributed by atoms with Gasteiger partial charge in [-0.1, -0.05) is 11.6 Å². The Balaban J connectivity index is 2.06. The largest absolute Gasteiger partial charge is 0.345 e. The summed E-state index contributed by atoms with van der Waals surface area (Å²) in [6.45, 7) is 0.161. The van der Waals surface area contributed by atoms with Crippen molar-refractivity contribution in [3.05, 3.63) is 51.1 Å². The molecule has 20 heavy (non-hydrogen) atoms. The summed E-state index contributed by atoms with van der Waals surface area (Å²) in [5.41, 5.74) is -0.00820. The minimum atomic E-state index is -0.609. The van der Waals surface area contributed by atoms with Crippen LogP contribution in [-0.4, -0.2) is 25.6 Å². The Hall–Kier alpha value is -2.48. The van der Waals surface area contributed by atoms with Crippen LogP contribution in [0.15, 0.2) is 24.5 Å². The summed E-state index contributed by atoms with van der Waals surface area (Å²) in [4.78, 5) is 25.8. The summed E-state index contributed by atoms with van der Waals surface area (Å²) >= 11 is 5.74. The predicted octanol–water partition coefficient (Wildman–Crippen LogP) is 1.31. The van der Waals surface area contributed by atoms with Crippen molar-refractivity contribution in [2.75, 3.05) is 0 Å². The number of benzene rings is 1. The van der Waals surface area contributed by atoms with Crippen molar-refractivity contribution in [3.63, 3.8) is 0 Å². The minimum absolute atomic E-state index is 0.0846. The fraction of sp³-hybridized carbons (Fsp3) is 0.182. The van der Waals surface area contributed by atoms with Gasteiger partial charge in [0.15, 0.2) is 5.82 Å². The van der Waals surface area contributed by atoms with Crippen LogP contribution in [0.25, 0.3) is 0 Å². The number of nitro benzene ring substituents is 1. The van der Waals surface area contributed by atoms with Gasteiger partial charge in [-0.2, -0.15) is 5.10 Å². The smallest absolute Gasteiger partial charge is 0.287 e. The van der Waals surface area contributed by atoms with Crippen molar-refractivity contribution in [3.8, 4) is 0 Å². The number of aromatic nitrogens is 3. The van der Waals surface area contributed by atoms with E-state index in [-0.39, 0.29) is 22.8 Å². The molecule has 1 aromatic heterocycles. The molecule has 0 fully saturated rings. The first kappa shape index (κ1) is 13.9. The second kappa shape index (κ2) is 5.66. The number of nitrogens with one attached hydrogen (secondary N) is 1. The van der Waals surface area contributed by atoms with Crippen LogP contribution in [0.3, 0.4) is 0 Å². The van der Waals surface area contributed by atoms with E-state index in [4.69, 9.17) is 11.6 Å². The van der Waals surface area contributed by atoms with Gasteiger partial charge in [0.1, 0.15) is 11.3 Å². The summed E-state index contributed by atoms with van der Waals surface area (Å²) in [7, 11) is 1.72. The summed E-state index contributed by atoms with van der Waals surface area (Å²) in [6, 6.07) is 3.78. The SMILES string of the molecule is Cn1cnc(CNC(=O)c2ccc([N+](=O)[O-])c(Cl)c2)n1. The molecule has 0 aliphatic carbocycles. The molecule has 8 nitrogen and oxygen atoms in total. The van der Waals surface area contributed by atoms with Crippen molar-refractivity contribution in [2.24, 2.45) is 7.05 Å². The highest BCUT2D eigenvalue weighted by molar-refractivity contribution is 6.33. The summed E-state index contributed by atoms with van der Waals surface area (Å²) < 4.78 is 1.52. The van der Waals surface area contributed by atoms with Crippen LogP contribution >= 0.6 is 11.6 Å². The van der Waals surface area contributed by atoms with E-state index >= 15 is 0 Å². The maximum absolute atomic E-state index is 11.9. The lowest BCUT2D eigenvalue weighted by Gasteiger charge is -2.03. The molecule has 0 radical (unpaired) electrons. The molecule has 0 aliphatic heterocycles. The van der Waals surface area contributed by atoms with Gasteiger partial charge in [-0.05, 0) is 12.1 Å². The number of hydrogen-bond acceptors (Lipinski definition) is 5. The number of carbonyl (C=O) groups is 1. The molecule has 2 rings (SSSR count). The van der Waals surface area contributed by atoms with Gasteiger partial charge >= 0.3 is 0 Å². The van der Waals surface area contributed by atoms with E-state index in [0.29, 0.717) is 5.82 Å². The molecule has 0 saturated heterocycles. The Morgan fingerprint density at radius 3 is 2.85 bits per heavy atom. The maximum atomic E-state index is 11.9. The van der Waals surface area contributed by atoms with E-state index in [0.717, 1.165) is 0 Å². The average molecular weight is 296 g/mol. The van der Waals surface area contributed by atoms with Gasteiger partial charge in [-0.15, -0.1) is 0 Å². The second-order valence-electron chi connectivity index (χ2n) is 3.94. The Kier molecular flexibility index (Phi) is 3.94. The van der Waals surface area contributed by atoms with E-state index in [1.54, 1.807) is 7.05 Å².